The maximum Gasteiger partial charge on any atom is 0.270 e. The minimum absolute atomic E-state index is 0.181. The van der Waals surface area contributed by atoms with Gasteiger partial charge in [0.1, 0.15) is 11.7 Å². The van der Waals surface area contributed by atoms with E-state index in [4.69, 9.17) is 5.73 Å². The minimum atomic E-state index is -0.576. The Kier molecular flexibility index (Phi) is 2.15. The summed E-state index contributed by atoms with van der Waals surface area (Å²) >= 11 is 0. The third kappa shape index (κ3) is 1.42. The molecule has 0 bridgehead atoms. The van der Waals surface area contributed by atoms with Crippen LogP contribution in [0.4, 0.5) is 0 Å². The monoisotopic (exact) mass is 235 g/mol. The average molecular weight is 235 g/mol. The molecule has 0 aliphatic carbocycles. The Bertz CT molecular complexity index is 507. The smallest absolute Gasteiger partial charge is 0.270 e. The lowest BCUT2D eigenvalue weighted by atomic mass is 10.1. The van der Waals surface area contributed by atoms with Crippen molar-refractivity contribution in [2.75, 3.05) is 13.1 Å². The van der Waals surface area contributed by atoms with Crippen LogP contribution in [-0.4, -0.2) is 34.7 Å². The first kappa shape index (κ1) is 10.3. The maximum absolute atomic E-state index is 11.8. The van der Waals surface area contributed by atoms with Gasteiger partial charge >= 0.3 is 0 Å². The van der Waals surface area contributed by atoms with Gasteiger partial charge in [-0.1, -0.05) is 0 Å². The van der Waals surface area contributed by atoms with E-state index in [1.807, 2.05) is 0 Å². The van der Waals surface area contributed by atoms with Crippen LogP contribution in [-0.2, 0) is 17.8 Å². The Balaban J connectivity index is 2.16. The summed E-state index contributed by atoms with van der Waals surface area (Å²) in [6.45, 7) is 1.67. The molecular formula is C10H13N5O2. The average Bonchev–Trinajstić information content (AvgIpc) is 2.68. The van der Waals surface area contributed by atoms with E-state index in [9.17, 15) is 9.59 Å². The van der Waals surface area contributed by atoms with Gasteiger partial charge in [-0.05, 0) is 0 Å². The number of aromatic nitrogens is 2. The van der Waals surface area contributed by atoms with E-state index in [0.717, 1.165) is 24.2 Å². The zero-order valence-corrected chi connectivity index (χ0v) is 9.19. The van der Waals surface area contributed by atoms with Crippen molar-refractivity contribution in [1.29, 1.82) is 0 Å². The summed E-state index contributed by atoms with van der Waals surface area (Å²) in [7, 11) is 0. The van der Waals surface area contributed by atoms with Crippen LogP contribution in [0.3, 0.4) is 0 Å². The number of carbonyl (C=O) groups excluding carboxylic acids is 2. The summed E-state index contributed by atoms with van der Waals surface area (Å²) in [5.74, 6) is -0.654. The third-order valence-corrected chi connectivity index (χ3v) is 3.23. The van der Waals surface area contributed by atoms with Crippen LogP contribution < -0.4 is 16.4 Å². The first-order chi connectivity index (χ1) is 8.18. The zero-order chi connectivity index (χ0) is 12.0. The molecule has 4 N–H and O–H groups in total. The number of hydrogen-bond acceptors (Lipinski definition) is 4. The molecule has 2 aliphatic rings. The lowest BCUT2D eigenvalue weighted by Gasteiger charge is -2.23. The minimum Gasteiger partial charge on any atom is -0.368 e. The number of primary amides is 1. The van der Waals surface area contributed by atoms with Crippen LogP contribution >= 0.6 is 0 Å². The molecule has 7 nitrogen and oxygen atoms in total. The first-order valence-corrected chi connectivity index (χ1v) is 5.57. The molecule has 0 radical (unpaired) electrons. The van der Waals surface area contributed by atoms with E-state index in [1.54, 1.807) is 0 Å². The number of nitrogens with two attached hydrogens (primary N) is 1. The Morgan fingerprint density at radius 1 is 1.53 bits per heavy atom. The van der Waals surface area contributed by atoms with Crippen molar-refractivity contribution in [3.8, 4) is 0 Å². The second-order valence-electron chi connectivity index (χ2n) is 4.27. The van der Waals surface area contributed by atoms with Crippen molar-refractivity contribution in [3.05, 3.63) is 17.0 Å². The summed E-state index contributed by atoms with van der Waals surface area (Å²) in [6, 6.07) is -0.576. The van der Waals surface area contributed by atoms with Crippen molar-refractivity contribution in [3.63, 3.8) is 0 Å². The molecule has 1 aromatic heterocycles. The molecule has 1 aromatic rings. The highest BCUT2D eigenvalue weighted by molar-refractivity contribution is 5.96. The summed E-state index contributed by atoms with van der Waals surface area (Å²) in [5.41, 5.74) is 7.57. The van der Waals surface area contributed by atoms with Gasteiger partial charge in [0.2, 0.25) is 5.91 Å². The number of amides is 2. The van der Waals surface area contributed by atoms with Crippen molar-refractivity contribution in [2.24, 2.45) is 5.73 Å². The van der Waals surface area contributed by atoms with Crippen molar-refractivity contribution in [1.82, 2.24) is 20.4 Å². The van der Waals surface area contributed by atoms with Gasteiger partial charge in [-0.3, -0.25) is 9.59 Å². The molecule has 1 unspecified atom stereocenters. The van der Waals surface area contributed by atoms with Gasteiger partial charge in [-0.2, -0.15) is 5.10 Å². The standard InChI is InChI=1S/C10H13N5O2/c11-9(16)7-4-13-10(17)8-5-3-12-2-1-6(5)14-15(7)8/h7,12H,1-4H2,(H2,11,16)(H,13,17). The largest absolute Gasteiger partial charge is 0.368 e. The van der Waals surface area contributed by atoms with E-state index < -0.39 is 11.9 Å². The Morgan fingerprint density at radius 2 is 2.35 bits per heavy atom. The lowest BCUT2D eigenvalue weighted by molar-refractivity contribution is -0.121. The van der Waals surface area contributed by atoms with Crippen LogP contribution in [0, 0.1) is 0 Å². The van der Waals surface area contributed by atoms with E-state index in [2.05, 4.69) is 15.7 Å². The molecule has 2 aliphatic heterocycles. The maximum atomic E-state index is 11.8. The quantitative estimate of drug-likeness (QED) is 0.540. The first-order valence-electron chi connectivity index (χ1n) is 5.57. The Hall–Kier alpha value is -1.89. The van der Waals surface area contributed by atoms with E-state index in [-0.39, 0.29) is 12.5 Å². The van der Waals surface area contributed by atoms with Gasteiger partial charge < -0.3 is 16.4 Å². The predicted molar refractivity (Wildman–Crippen MR) is 58.2 cm³/mol. The molecule has 3 heterocycles. The van der Waals surface area contributed by atoms with Crippen molar-refractivity contribution >= 4 is 11.8 Å². The fraction of sp³-hybridized carbons (Fsp3) is 0.500. The topological polar surface area (TPSA) is 102 Å². The van der Waals surface area contributed by atoms with E-state index in [0.29, 0.717) is 12.2 Å². The molecule has 0 fully saturated rings. The molecule has 3 rings (SSSR count). The molecule has 17 heavy (non-hydrogen) atoms. The predicted octanol–water partition coefficient (Wildman–Crippen LogP) is -1.70. The lowest BCUT2D eigenvalue weighted by Crippen LogP contribution is -2.45. The highest BCUT2D eigenvalue weighted by Crippen LogP contribution is 2.23. The molecule has 1 atom stereocenters. The fourth-order valence-corrected chi connectivity index (χ4v) is 2.37. The summed E-state index contributed by atoms with van der Waals surface area (Å²) in [5, 5.41) is 10.2. The van der Waals surface area contributed by atoms with Gasteiger partial charge in [0.25, 0.3) is 5.91 Å². The van der Waals surface area contributed by atoms with Gasteiger partial charge in [0.05, 0.1) is 5.69 Å². The summed E-state index contributed by atoms with van der Waals surface area (Å²) in [6.07, 6.45) is 0.772. The number of fused-ring (bicyclic) bond motifs is 3. The molecule has 0 aromatic carbocycles. The van der Waals surface area contributed by atoms with Crippen molar-refractivity contribution < 1.29 is 9.59 Å². The van der Waals surface area contributed by atoms with E-state index >= 15 is 0 Å². The molecule has 0 saturated carbocycles. The molecule has 2 amide bonds. The summed E-state index contributed by atoms with van der Waals surface area (Å²) in [4.78, 5) is 23.2. The number of carbonyl (C=O) groups is 2. The highest BCUT2D eigenvalue weighted by atomic mass is 16.2. The molecular weight excluding hydrogens is 222 g/mol. The summed E-state index contributed by atoms with van der Waals surface area (Å²) < 4.78 is 1.48. The van der Waals surface area contributed by atoms with Gasteiger partial charge in [0.15, 0.2) is 0 Å². The van der Waals surface area contributed by atoms with Gasteiger partial charge in [0, 0.05) is 31.6 Å². The van der Waals surface area contributed by atoms with Crippen LogP contribution in [0.15, 0.2) is 0 Å². The van der Waals surface area contributed by atoms with Gasteiger partial charge in [-0.15, -0.1) is 0 Å². The van der Waals surface area contributed by atoms with Crippen LogP contribution in [0.2, 0.25) is 0 Å². The second-order valence-corrected chi connectivity index (χ2v) is 4.27. The van der Waals surface area contributed by atoms with Crippen LogP contribution in [0.1, 0.15) is 27.8 Å². The SMILES string of the molecule is NC(=O)C1CNC(=O)c2c3c(nn21)CCNC3. The Morgan fingerprint density at radius 3 is 3.12 bits per heavy atom. The normalized spacial score (nSPS) is 22.6. The van der Waals surface area contributed by atoms with Gasteiger partial charge in [-0.25, -0.2) is 4.68 Å². The molecule has 7 heteroatoms. The van der Waals surface area contributed by atoms with E-state index in [1.165, 1.54) is 4.68 Å². The third-order valence-electron chi connectivity index (χ3n) is 3.23. The number of nitrogens with zero attached hydrogens (tertiary/aromatic N) is 2. The number of hydrogen-bond donors (Lipinski definition) is 3. The number of rotatable bonds is 1. The molecule has 90 valence electrons. The second kappa shape index (κ2) is 3.56. The van der Waals surface area contributed by atoms with Crippen molar-refractivity contribution in [2.45, 2.75) is 19.0 Å². The fourth-order valence-electron chi connectivity index (χ4n) is 2.37. The van der Waals surface area contributed by atoms with Crippen LogP contribution in [0.25, 0.3) is 0 Å². The molecule has 0 saturated heterocycles. The molecule has 0 spiro atoms. The Labute approximate surface area is 97.3 Å². The highest BCUT2D eigenvalue weighted by Gasteiger charge is 2.34. The number of nitrogens with one attached hydrogen (secondary N) is 2. The zero-order valence-electron chi connectivity index (χ0n) is 9.19. The van der Waals surface area contributed by atoms with Crippen LogP contribution in [0.5, 0.6) is 0 Å².